The summed E-state index contributed by atoms with van der Waals surface area (Å²) in [7, 11) is 0. The van der Waals surface area contributed by atoms with Crippen LogP contribution in [0.1, 0.15) is 33.6 Å². The summed E-state index contributed by atoms with van der Waals surface area (Å²) in [5, 5.41) is 2.83. The average molecular weight is 313 g/mol. The van der Waals surface area contributed by atoms with Crippen LogP contribution in [0.3, 0.4) is 0 Å². The van der Waals surface area contributed by atoms with Crippen LogP contribution >= 0.6 is 0 Å². The highest BCUT2D eigenvalue weighted by Crippen LogP contribution is 2.12. The molecule has 2 aromatic heterocycles. The van der Waals surface area contributed by atoms with Crippen molar-refractivity contribution >= 4 is 11.8 Å². The molecular formula is C16H19N5O2. The second-order valence-electron chi connectivity index (χ2n) is 5.40. The Morgan fingerprint density at radius 3 is 3.00 bits per heavy atom. The molecule has 0 spiro atoms. The molecule has 0 bridgehead atoms. The number of carbonyl (C=O) groups excluding carboxylic acids is 2. The highest BCUT2D eigenvalue weighted by molar-refractivity contribution is 5.96. The Bertz CT molecular complexity index is 711. The molecule has 1 N–H and O–H groups in total. The lowest BCUT2D eigenvalue weighted by Crippen LogP contribution is -2.40. The molecular weight excluding hydrogens is 294 g/mol. The lowest BCUT2D eigenvalue weighted by atomic mass is 10.2. The van der Waals surface area contributed by atoms with Crippen LogP contribution in [0.15, 0.2) is 30.7 Å². The van der Waals surface area contributed by atoms with Gasteiger partial charge in [0.05, 0.1) is 0 Å². The third-order valence-electron chi connectivity index (χ3n) is 3.90. The molecule has 2 aromatic rings. The first-order valence-corrected chi connectivity index (χ1v) is 7.72. The number of fused-ring (bicyclic) bond motifs is 1. The number of carbonyl (C=O) groups is 2. The van der Waals surface area contributed by atoms with Crippen LogP contribution in [-0.2, 0) is 13.0 Å². The van der Waals surface area contributed by atoms with Gasteiger partial charge in [0.2, 0.25) is 0 Å². The van der Waals surface area contributed by atoms with E-state index in [9.17, 15) is 9.59 Å². The molecule has 3 heterocycles. The second-order valence-corrected chi connectivity index (χ2v) is 5.40. The van der Waals surface area contributed by atoms with Crippen LogP contribution in [0.25, 0.3) is 0 Å². The maximum atomic E-state index is 12.2. The van der Waals surface area contributed by atoms with Crippen LogP contribution in [0.5, 0.6) is 0 Å². The molecule has 1 aliphatic heterocycles. The number of hydrogen-bond acceptors (Lipinski definition) is 4. The van der Waals surface area contributed by atoms with Crippen LogP contribution < -0.4 is 5.32 Å². The Labute approximate surface area is 134 Å². The topological polar surface area (TPSA) is 80.1 Å². The Morgan fingerprint density at radius 1 is 1.39 bits per heavy atom. The molecule has 0 unspecified atom stereocenters. The lowest BCUT2D eigenvalue weighted by molar-refractivity contribution is 0.0707. The number of pyridine rings is 1. The van der Waals surface area contributed by atoms with Gasteiger partial charge in [-0.1, -0.05) is 6.07 Å². The first-order chi connectivity index (χ1) is 11.2. The number of nitrogens with zero attached hydrogens (tertiary/aromatic N) is 4. The van der Waals surface area contributed by atoms with Crippen molar-refractivity contribution in [2.75, 3.05) is 19.6 Å². The fourth-order valence-corrected chi connectivity index (χ4v) is 2.60. The molecule has 3 rings (SSSR count). The van der Waals surface area contributed by atoms with E-state index in [1.54, 1.807) is 28.1 Å². The van der Waals surface area contributed by atoms with Crippen molar-refractivity contribution in [2.24, 2.45) is 0 Å². The van der Waals surface area contributed by atoms with Gasteiger partial charge in [0.1, 0.15) is 5.69 Å². The number of nitrogens with one attached hydrogen (secondary N) is 1. The zero-order valence-corrected chi connectivity index (χ0v) is 13.0. The minimum atomic E-state index is -0.258. The van der Waals surface area contributed by atoms with Crippen LogP contribution in [-0.4, -0.2) is 50.9 Å². The van der Waals surface area contributed by atoms with Gasteiger partial charge in [-0.2, -0.15) is 0 Å². The standard InChI is InChI=1S/C16H19N5O2/c1-2-20-8-9-21-11-13(19-14(21)16(20)23)15(22)18-7-5-12-4-3-6-17-10-12/h3-4,6,10-11H,2,5,7-9H2,1H3,(H,18,22). The van der Waals surface area contributed by atoms with Gasteiger partial charge in [-0.25, -0.2) is 4.98 Å². The van der Waals surface area contributed by atoms with E-state index in [4.69, 9.17) is 0 Å². The van der Waals surface area contributed by atoms with Crippen molar-refractivity contribution < 1.29 is 9.59 Å². The summed E-state index contributed by atoms with van der Waals surface area (Å²) >= 11 is 0. The van der Waals surface area contributed by atoms with Crippen molar-refractivity contribution in [3.05, 3.63) is 47.8 Å². The van der Waals surface area contributed by atoms with E-state index in [0.29, 0.717) is 38.4 Å². The van der Waals surface area contributed by atoms with Crippen LogP contribution in [0, 0.1) is 0 Å². The van der Waals surface area contributed by atoms with Gasteiger partial charge in [0.25, 0.3) is 11.8 Å². The molecule has 7 heteroatoms. The van der Waals surface area contributed by atoms with Gasteiger partial charge < -0.3 is 14.8 Å². The molecule has 7 nitrogen and oxygen atoms in total. The second kappa shape index (κ2) is 6.60. The first-order valence-electron chi connectivity index (χ1n) is 7.72. The SMILES string of the molecule is CCN1CCn2cc(C(=O)NCCc3cccnc3)nc2C1=O. The largest absolute Gasteiger partial charge is 0.350 e. The molecule has 0 aliphatic carbocycles. The quantitative estimate of drug-likeness (QED) is 0.882. The molecule has 0 saturated heterocycles. The fraction of sp³-hybridized carbons (Fsp3) is 0.375. The van der Waals surface area contributed by atoms with Gasteiger partial charge in [0, 0.05) is 44.8 Å². The molecule has 23 heavy (non-hydrogen) atoms. The van der Waals surface area contributed by atoms with E-state index in [1.807, 2.05) is 19.1 Å². The number of rotatable bonds is 5. The number of likely N-dealkylation sites (N-methyl/N-ethyl adjacent to an activating group) is 1. The van der Waals surface area contributed by atoms with E-state index >= 15 is 0 Å². The van der Waals surface area contributed by atoms with Crippen molar-refractivity contribution in [1.29, 1.82) is 0 Å². The Balaban J connectivity index is 1.62. The lowest BCUT2D eigenvalue weighted by Gasteiger charge is -2.25. The van der Waals surface area contributed by atoms with Crippen LogP contribution in [0.4, 0.5) is 0 Å². The minimum Gasteiger partial charge on any atom is -0.350 e. The predicted molar refractivity (Wildman–Crippen MR) is 84.1 cm³/mol. The molecule has 1 aliphatic rings. The van der Waals surface area contributed by atoms with Gasteiger partial charge in [0.15, 0.2) is 5.82 Å². The molecule has 0 radical (unpaired) electrons. The Hall–Kier alpha value is -2.70. The summed E-state index contributed by atoms with van der Waals surface area (Å²) in [6, 6.07) is 3.83. The summed E-state index contributed by atoms with van der Waals surface area (Å²) in [5.74, 6) is -0.0321. The summed E-state index contributed by atoms with van der Waals surface area (Å²) in [6.07, 6.45) is 5.85. The molecule has 0 fully saturated rings. The number of imidazole rings is 1. The molecule has 0 atom stereocenters. The summed E-state index contributed by atoms with van der Waals surface area (Å²) in [6.45, 7) is 4.41. The van der Waals surface area contributed by atoms with Crippen molar-refractivity contribution in [3.8, 4) is 0 Å². The van der Waals surface area contributed by atoms with Crippen molar-refractivity contribution in [1.82, 2.24) is 24.8 Å². The average Bonchev–Trinajstić information content (AvgIpc) is 3.01. The van der Waals surface area contributed by atoms with E-state index in [-0.39, 0.29) is 17.5 Å². The maximum Gasteiger partial charge on any atom is 0.289 e. The smallest absolute Gasteiger partial charge is 0.289 e. The molecule has 2 amide bonds. The third-order valence-corrected chi connectivity index (χ3v) is 3.90. The molecule has 0 saturated carbocycles. The third kappa shape index (κ3) is 3.23. The highest BCUT2D eigenvalue weighted by Gasteiger charge is 2.27. The number of amides is 2. The number of aromatic nitrogens is 3. The van der Waals surface area contributed by atoms with Crippen molar-refractivity contribution in [3.63, 3.8) is 0 Å². The Kier molecular flexibility index (Phi) is 4.36. The minimum absolute atomic E-state index is 0.117. The highest BCUT2D eigenvalue weighted by atomic mass is 16.2. The zero-order chi connectivity index (χ0) is 16.2. The normalized spacial score (nSPS) is 13.8. The summed E-state index contributed by atoms with van der Waals surface area (Å²) in [5.41, 5.74) is 1.35. The van der Waals surface area contributed by atoms with E-state index in [1.165, 1.54) is 0 Å². The molecule has 0 aromatic carbocycles. The van der Waals surface area contributed by atoms with Gasteiger partial charge >= 0.3 is 0 Å². The Morgan fingerprint density at radius 2 is 2.26 bits per heavy atom. The van der Waals surface area contributed by atoms with Crippen molar-refractivity contribution in [2.45, 2.75) is 19.9 Å². The van der Waals surface area contributed by atoms with E-state index in [0.717, 1.165) is 5.56 Å². The van der Waals surface area contributed by atoms with E-state index in [2.05, 4.69) is 15.3 Å². The predicted octanol–water partition coefficient (Wildman–Crippen LogP) is 0.726. The van der Waals surface area contributed by atoms with Gasteiger partial charge in [-0.3, -0.25) is 14.6 Å². The zero-order valence-electron chi connectivity index (χ0n) is 13.0. The maximum absolute atomic E-state index is 12.2. The number of hydrogen-bond donors (Lipinski definition) is 1. The van der Waals surface area contributed by atoms with E-state index < -0.39 is 0 Å². The summed E-state index contributed by atoms with van der Waals surface area (Å²) in [4.78, 5) is 34.3. The van der Waals surface area contributed by atoms with Gasteiger partial charge in [-0.15, -0.1) is 0 Å². The summed E-state index contributed by atoms with van der Waals surface area (Å²) < 4.78 is 1.75. The fourth-order valence-electron chi connectivity index (χ4n) is 2.60. The molecule has 120 valence electrons. The first kappa shape index (κ1) is 15.2. The monoisotopic (exact) mass is 313 g/mol. The van der Waals surface area contributed by atoms with Crippen LogP contribution in [0.2, 0.25) is 0 Å². The van der Waals surface area contributed by atoms with Gasteiger partial charge in [-0.05, 0) is 25.0 Å².